The summed E-state index contributed by atoms with van der Waals surface area (Å²) >= 11 is 5.81. The van der Waals surface area contributed by atoms with E-state index in [4.69, 9.17) is 11.6 Å². The fourth-order valence-electron chi connectivity index (χ4n) is 2.53. The Morgan fingerprint density at radius 3 is 1.93 bits per heavy atom. The van der Waals surface area contributed by atoms with Crippen LogP contribution in [0.5, 0.6) is 0 Å². The van der Waals surface area contributed by atoms with Gasteiger partial charge >= 0.3 is 12.0 Å². The predicted octanol–water partition coefficient (Wildman–Crippen LogP) is 3.49. The minimum Gasteiger partial charge on any atom is -0.480 e. The molecule has 0 aliphatic heterocycles. The summed E-state index contributed by atoms with van der Waals surface area (Å²) in [4.78, 5) is 36.2. The van der Waals surface area contributed by atoms with Crippen molar-refractivity contribution in [3.8, 4) is 0 Å². The van der Waals surface area contributed by atoms with Crippen LogP contribution in [0, 0.1) is 11.8 Å². The number of rotatable bonds is 9. The summed E-state index contributed by atoms with van der Waals surface area (Å²) < 4.78 is 0. The molecular formula is C19H28ClN3O4. The molecule has 0 aliphatic carbocycles. The molecule has 0 radical (unpaired) electrons. The Balaban J connectivity index is 2.77. The molecule has 0 unspecified atom stereocenters. The van der Waals surface area contributed by atoms with E-state index in [1.807, 2.05) is 27.7 Å². The Labute approximate surface area is 164 Å². The van der Waals surface area contributed by atoms with E-state index in [0.717, 1.165) is 0 Å². The first-order valence-electron chi connectivity index (χ1n) is 8.94. The molecule has 8 heteroatoms. The van der Waals surface area contributed by atoms with Gasteiger partial charge in [0, 0.05) is 10.7 Å². The van der Waals surface area contributed by atoms with Crippen molar-refractivity contribution < 1.29 is 19.5 Å². The second-order valence-electron chi connectivity index (χ2n) is 7.32. The van der Waals surface area contributed by atoms with Gasteiger partial charge in [0.05, 0.1) is 0 Å². The summed E-state index contributed by atoms with van der Waals surface area (Å²) in [6, 6.07) is 4.18. The predicted molar refractivity (Wildman–Crippen MR) is 106 cm³/mol. The third-order valence-corrected chi connectivity index (χ3v) is 4.00. The van der Waals surface area contributed by atoms with E-state index >= 15 is 0 Å². The second kappa shape index (κ2) is 10.8. The number of aliphatic carboxylic acids is 1. The number of benzene rings is 1. The average Bonchev–Trinajstić information content (AvgIpc) is 2.54. The quantitative estimate of drug-likeness (QED) is 0.511. The molecule has 0 spiro atoms. The molecule has 0 bridgehead atoms. The maximum atomic E-state index is 12.6. The highest BCUT2D eigenvalue weighted by atomic mass is 35.5. The molecule has 1 aromatic rings. The molecule has 0 aliphatic rings. The molecule has 150 valence electrons. The molecule has 7 nitrogen and oxygen atoms in total. The molecule has 4 N–H and O–H groups in total. The van der Waals surface area contributed by atoms with Crippen LogP contribution in [-0.2, 0) is 9.59 Å². The van der Waals surface area contributed by atoms with E-state index in [9.17, 15) is 19.5 Å². The molecule has 0 saturated carbocycles. The minimum absolute atomic E-state index is 0.108. The van der Waals surface area contributed by atoms with Crippen LogP contribution < -0.4 is 16.0 Å². The van der Waals surface area contributed by atoms with Gasteiger partial charge in [0.1, 0.15) is 12.1 Å². The van der Waals surface area contributed by atoms with Gasteiger partial charge in [0.25, 0.3) is 0 Å². The normalized spacial score (nSPS) is 13.1. The first-order chi connectivity index (χ1) is 12.6. The Hall–Kier alpha value is -2.28. The number of anilines is 1. The van der Waals surface area contributed by atoms with Gasteiger partial charge in [-0.2, -0.15) is 0 Å². The molecule has 0 fully saturated rings. The van der Waals surface area contributed by atoms with Crippen LogP contribution in [0.4, 0.5) is 10.5 Å². The monoisotopic (exact) mass is 397 g/mol. The number of amides is 3. The molecule has 0 saturated heterocycles. The zero-order chi connectivity index (χ0) is 20.6. The molecule has 2 atom stereocenters. The van der Waals surface area contributed by atoms with Gasteiger partial charge in [-0.1, -0.05) is 39.3 Å². The summed E-state index contributed by atoms with van der Waals surface area (Å²) in [5.74, 6) is -1.37. The first kappa shape index (κ1) is 22.8. The van der Waals surface area contributed by atoms with Crippen molar-refractivity contribution in [2.24, 2.45) is 11.8 Å². The highest BCUT2D eigenvalue weighted by Gasteiger charge is 2.27. The number of carboxylic acids is 1. The second-order valence-corrected chi connectivity index (χ2v) is 7.75. The number of carbonyl (C=O) groups is 3. The molecule has 0 heterocycles. The van der Waals surface area contributed by atoms with E-state index in [-0.39, 0.29) is 11.8 Å². The van der Waals surface area contributed by atoms with Crippen molar-refractivity contribution in [2.75, 3.05) is 5.32 Å². The van der Waals surface area contributed by atoms with E-state index in [0.29, 0.717) is 23.6 Å². The lowest BCUT2D eigenvalue weighted by Crippen LogP contribution is -2.53. The Morgan fingerprint density at radius 2 is 1.44 bits per heavy atom. The van der Waals surface area contributed by atoms with E-state index in [1.54, 1.807) is 24.3 Å². The summed E-state index contributed by atoms with van der Waals surface area (Å²) in [6.45, 7) is 7.60. The lowest BCUT2D eigenvalue weighted by atomic mass is 10.0. The molecule has 1 aromatic carbocycles. The highest BCUT2D eigenvalue weighted by Crippen LogP contribution is 2.14. The van der Waals surface area contributed by atoms with Crippen molar-refractivity contribution >= 4 is 35.2 Å². The number of hydrogen-bond acceptors (Lipinski definition) is 3. The SMILES string of the molecule is CC(C)C[C@@H](NC(=O)[C@@H](CC(C)C)NC(=O)Nc1ccc(Cl)cc1)C(=O)O. The van der Waals surface area contributed by atoms with Crippen LogP contribution in [0.25, 0.3) is 0 Å². The van der Waals surface area contributed by atoms with Gasteiger partial charge in [-0.3, -0.25) is 4.79 Å². The van der Waals surface area contributed by atoms with Crippen LogP contribution in [0.15, 0.2) is 24.3 Å². The fraction of sp³-hybridized carbons (Fsp3) is 0.526. The first-order valence-corrected chi connectivity index (χ1v) is 9.32. The number of carbonyl (C=O) groups excluding carboxylic acids is 2. The molecule has 27 heavy (non-hydrogen) atoms. The van der Waals surface area contributed by atoms with E-state index in [2.05, 4.69) is 16.0 Å². The average molecular weight is 398 g/mol. The Bertz CT molecular complexity index is 647. The van der Waals surface area contributed by atoms with Crippen LogP contribution in [-0.4, -0.2) is 35.1 Å². The minimum atomic E-state index is -1.09. The van der Waals surface area contributed by atoms with Crippen molar-refractivity contribution in [1.82, 2.24) is 10.6 Å². The summed E-state index contributed by atoms with van der Waals surface area (Å²) in [5.41, 5.74) is 0.531. The zero-order valence-corrected chi connectivity index (χ0v) is 16.8. The van der Waals surface area contributed by atoms with Crippen molar-refractivity contribution in [2.45, 2.75) is 52.6 Å². The topological polar surface area (TPSA) is 108 Å². The number of nitrogens with one attached hydrogen (secondary N) is 3. The van der Waals surface area contributed by atoms with Crippen molar-refractivity contribution in [1.29, 1.82) is 0 Å². The van der Waals surface area contributed by atoms with Crippen molar-refractivity contribution in [3.63, 3.8) is 0 Å². The standard InChI is InChI=1S/C19H28ClN3O4/c1-11(2)9-15(17(24)22-16(18(25)26)10-12(3)4)23-19(27)21-14-7-5-13(20)6-8-14/h5-8,11-12,15-16H,9-10H2,1-4H3,(H,22,24)(H,25,26)(H2,21,23,27)/t15-,16-/m1/s1. The zero-order valence-electron chi connectivity index (χ0n) is 16.1. The van der Waals surface area contributed by atoms with Gasteiger partial charge in [-0.05, 0) is 48.9 Å². The lowest BCUT2D eigenvalue weighted by Gasteiger charge is -2.23. The van der Waals surface area contributed by atoms with Gasteiger partial charge < -0.3 is 21.1 Å². The summed E-state index contributed by atoms with van der Waals surface area (Å²) in [7, 11) is 0. The summed E-state index contributed by atoms with van der Waals surface area (Å²) in [5, 5.41) is 17.6. The Kier molecular flexibility index (Phi) is 9.08. The lowest BCUT2D eigenvalue weighted by molar-refractivity contribution is -0.142. The fourth-order valence-corrected chi connectivity index (χ4v) is 2.65. The molecule has 3 amide bonds. The summed E-state index contributed by atoms with van der Waals surface area (Å²) in [6.07, 6.45) is 0.695. The third kappa shape index (κ3) is 8.77. The maximum absolute atomic E-state index is 12.6. The van der Waals surface area contributed by atoms with Crippen LogP contribution >= 0.6 is 11.6 Å². The molecule has 0 aromatic heterocycles. The highest BCUT2D eigenvalue weighted by molar-refractivity contribution is 6.30. The number of hydrogen-bond donors (Lipinski definition) is 4. The van der Waals surface area contributed by atoms with Gasteiger partial charge in [-0.15, -0.1) is 0 Å². The van der Waals surface area contributed by atoms with Gasteiger partial charge in [0.15, 0.2) is 0 Å². The van der Waals surface area contributed by atoms with Gasteiger partial charge in [0.2, 0.25) is 5.91 Å². The van der Waals surface area contributed by atoms with Crippen molar-refractivity contribution in [3.05, 3.63) is 29.3 Å². The largest absolute Gasteiger partial charge is 0.480 e. The van der Waals surface area contributed by atoms with Crippen LogP contribution in [0.1, 0.15) is 40.5 Å². The third-order valence-electron chi connectivity index (χ3n) is 3.75. The maximum Gasteiger partial charge on any atom is 0.326 e. The van der Waals surface area contributed by atoms with Gasteiger partial charge in [-0.25, -0.2) is 9.59 Å². The van der Waals surface area contributed by atoms with E-state index < -0.39 is 30.0 Å². The number of carboxylic acid groups (broad SMARTS) is 1. The smallest absolute Gasteiger partial charge is 0.326 e. The van der Waals surface area contributed by atoms with E-state index in [1.165, 1.54) is 0 Å². The van der Waals surface area contributed by atoms with Crippen LogP contribution in [0.2, 0.25) is 5.02 Å². The van der Waals surface area contributed by atoms with Crippen LogP contribution in [0.3, 0.4) is 0 Å². The number of halogens is 1. The number of urea groups is 1. The Morgan fingerprint density at radius 1 is 0.926 bits per heavy atom. The molecule has 1 rings (SSSR count). The molecular weight excluding hydrogens is 370 g/mol.